The Hall–Kier alpha value is -0.870. The summed E-state index contributed by atoms with van der Waals surface area (Å²) in [5.74, 6) is 0.768. The first kappa shape index (κ1) is 11.6. The minimum absolute atomic E-state index is 0.705. The van der Waals surface area contributed by atoms with Crippen LogP contribution in [0.2, 0.25) is 0 Å². The predicted octanol–water partition coefficient (Wildman–Crippen LogP) is 0.726. The van der Waals surface area contributed by atoms with Crippen LogP contribution < -0.4 is 5.73 Å². The topological polar surface area (TPSA) is 47.1 Å². The van der Waals surface area contributed by atoms with Gasteiger partial charge in [0.1, 0.15) is 0 Å². The molecule has 1 fully saturated rings. The molecule has 0 spiro atoms. The Kier molecular flexibility index (Phi) is 3.96. The first-order valence-corrected chi connectivity index (χ1v) is 6.17. The van der Waals surface area contributed by atoms with E-state index in [9.17, 15) is 0 Å². The molecule has 0 saturated carbocycles. The third kappa shape index (κ3) is 2.83. The summed E-state index contributed by atoms with van der Waals surface area (Å²) in [4.78, 5) is 6.64. The number of hydrogen-bond acceptors (Lipinski definition) is 3. The lowest BCUT2D eigenvalue weighted by Gasteiger charge is -2.30. The Balaban J connectivity index is 1.94. The van der Waals surface area contributed by atoms with Crippen molar-refractivity contribution in [3.8, 4) is 0 Å². The maximum atomic E-state index is 5.59. The SMILES string of the molecule is CN1CCCC(Cn2cncc2CCN)C1. The van der Waals surface area contributed by atoms with Crippen molar-refractivity contribution in [2.75, 3.05) is 26.7 Å². The minimum atomic E-state index is 0.705. The largest absolute Gasteiger partial charge is 0.334 e. The van der Waals surface area contributed by atoms with Crippen LogP contribution in [-0.2, 0) is 13.0 Å². The molecule has 4 heteroatoms. The number of likely N-dealkylation sites (tertiary alicyclic amines) is 1. The van der Waals surface area contributed by atoms with Crippen LogP contribution in [0.15, 0.2) is 12.5 Å². The van der Waals surface area contributed by atoms with Crippen molar-refractivity contribution in [2.45, 2.75) is 25.8 Å². The van der Waals surface area contributed by atoms with Crippen molar-refractivity contribution >= 4 is 0 Å². The van der Waals surface area contributed by atoms with Crippen molar-refractivity contribution in [1.29, 1.82) is 0 Å². The van der Waals surface area contributed by atoms with Gasteiger partial charge in [-0.15, -0.1) is 0 Å². The van der Waals surface area contributed by atoms with Gasteiger partial charge in [0.25, 0.3) is 0 Å². The maximum absolute atomic E-state index is 5.59. The smallest absolute Gasteiger partial charge is 0.0948 e. The Morgan fingerprint density at radius 3 is 3.19 bits per heavy atom. The molecule has 1 aliphatic heterocycles. The van der Waals surface area contributed by atoms with Gasteiger partial charge >= 0.3 is 0 Å². The normalized spacial score (nSPS) is 22.5. The Morgan fingerprint density at radius 1 is 1.56 bits per heavy atom. The highest BCUT2D eigenvalue weighted by Gasteiger charge is 2.18. The van der Waals surface area contributed by atoms with Crippen LogP contribution in [0.3, 0.4) is 0 Å². The molecular weight excluding hydrogens is 200 g/mol. The molecule has 1 saturated heterocycles. The average Bonchev–Trinajstić information content (AvgIpc) is 2.66. The van der Waals surface area contributed by atoms with Gasteiger partial charge in [0, 0.05) is 31.4 Å². The molecule has 1 aromatic heterocycles. The summed E-state index contributed by atoms with van der Waals surface area (Å²) in [6, 6.07) is 0. The Labute approximate surface area is 97.4 Å². The molecule has 4 nitrogen and oxygen atoms in total. The predicted molar refractivity (Wildman–Crippen MR) is 65.2 cm³/mol. The van der Waals surface area contributed by atoms with E-state index >= 15 is 0 Å². The molecule has 16 heavy (non-hydrogen) atoms. The number of imidazole rings is 1. The number of nitrogens with two attached hydrogens (primary N) is 1. The number of rotatable bonds is 4. The third-order valence-electron chi connectivity index (χ3n) is 3.38. The fraction of sp³-hybridized carbons (Fsp3) is 0.750. The minimum Gasteiger partial charge on any atom is -0.334 e. The van der Waals surface area contributed by atoms with Crippen molar-refractivity contribution in [2.24, 2.45) is 11.7 Å². The van der Waals surface area contributed by atoms with Crippen LogP contribution >= 0.6 is 0 Å². The fourth-order valence-electron chi connectivity index (χ4n) is 2.57. The van der Waals surface area contributed by atoms with Crippen LogP contribution in [0, 0.1) is 5.92 Å². The summed E-state index contributed by atoms with van der Waals surface area (Å²) in [7, 11) is 2.21. The van der Waals surface area contributed by atoms with Gasteiger partial charge in [0.15, 0.2) is 0 Å². The summed E-state index contributed by atoms with van der Waals surface area (Å²) in [6.07, 6.45) is 7.48. The second-order valence-corrected chi connectivity index (χ2v) is 4.85. The lowest BCUT2D eigenvalue weighted by Crippen LogP contribution is -2.34. The molecule has 0 aromatic carbocycles. The maximum Gasteiger partial charge on any atom is 0.0948 e. The summed E-state index contributed by atoms with van der Waals surface area (Å²) in [6.45, 7) is 4.26. The molecule has 1 atom stereocenters. The van der Waals surface area contributed by atoms with Crippen LogP contribution in [0.4, 0.5) is 0 Å². The monoisotopic (exact) mass is 222 g/mol. The quantitative estimate of drug-likeness (QED) is 0.817. The molecule has 2 N–H and O–H groups in total. The third-order valence-corrected chi connectivity index (χ3v) is 3.38. The van der Waals surface area contributed by atoms with Gasteiger partial charge in [-0.05, 0) is 38.9 Å². The molecule has 2 rings (SSSR count). The Bertz CT molecular complexity index is 321. The summed E-state index contributed by atoms with van der Waals surface area (Å²) < 4.78 is 2.27. The zero-order valence-electron chi connectivity index (χ0n) is 10.1. The van der Waals surface area contributed by atoms with E-state index in [1.807, 2.05) is 12.5 Å². The van der Waals surface area contributed by atoms with Crippen LogP contribution in [0.5, 0.6) is 0 Å². The van der Waals surface area contributed by atoms with E-state index in [-0.39, 0.29) is 0 Å². The molecular formula is C12H22N4. The van der Waals surface area contributed by atoms with E-state index in [1.165, 1.54) is 31.6 Å². The van der Waals surface area contributed by atoms with Gasteiger partial charge in [-0.3, -0.25) is 0 Å². The number of aromatic nitrogens is 2. The molecule has 90 valence electrons. The number of hydrogen-bond donors (Lipinski definition) is 1. The molecule has 2 heterocycles. The van der Waals surface area contributed by atoms with E-state index < -0.39 is 0 Å². The van der Waals surface area contributed by atoms with Gasteiger partial charge in [-0.1, -0.05) is 0 Å². The fourth-order valence-corrected chi connectivity index (χ4v) is 2.57. The highest BCUT2D eigenvalue weighted by Crippen LogP contribution is 2.17. The number of piperidine rings is 1. The van der Waals surface area contributed by atoms with Gasteiger partial charge in [-0.25, -0.2) is 4.98 Å². The molecule has 1 unspecified atom stereocenters. The molecule has 0 amide bonds. The summed E-state index contributed by atoms with van der Waals surface area (Å²) >= 11 is 0. The van der Waals surface area contributed by atoms with Crippen molar-refractivity contribution in [3.63, 3.8) is 0 Å². The van der Waals surface area contributed by atoms with E-state index in [4.69, 9.17) is 5.73 Å². The van der Waals surface area contributed by atoms with Crippen LogP contribution in [-0.4, -0.2) is 41.1 Å². The first-order valence-electron chi connectivity index (χ1n) is 6.17. The van der Waals surface area contributed by atoms with Crippen LogP contribution in [0.25, 0.3) is 0 Å². The van der Waals surface area contributed by atoms with Gasteiger partial charge in [-0.2, -0.15) is 0 Å². The van der Waals surface area contributed by atoms with Gasteiger partial charge in [0.2, 0.25) is 0 Å². The second-order valence-electron chi connectivity index (χ2n) is 4.85. The zero-order valence-corrected chi connectivity index (χ0v) is 10.1. The number of nitrogens with zero attached hydrogens (tertiary/aromatic N) is 3. The van der Waals surface area contributed by atoms with E-state index in [1.54, 1.807) is 0 Å². The molecule has 0 radical (unpaired) electrons. The van der Waals surface area contributed by atoms with Crippen molar-refractivity contribution in [3.05, 3.63) is 18.2 Å². The average molecular weight is 222 g/mol. The lowest BCUT2D eigenvalue weighted by atomic mass is 9.98. The Morgan fingerprint density at radius 2 is 2.44 bits per heavy atom. The second kappa shape index (κ2) is 5.46. The van der Waals surface area contributed by atoms with Gasteiger partial charge < -0.3 is 15.2 Å². The first-order chi connectivity index (χ1) is 7.79. The van der Waals surface area contributed by atoms with E-state index in [0.717, 1.165) is 18.9 Å². The summed E-state index contributed by atoms with van der Waals surface area (Å²) in [5.41, 5.74) is 6.87. The zero-order chi connectivity index (χ0) is 11.4. The molecule has 1 aliphatic rings. The molecule has 0 bridgehead atoms. The summed E-state index contributed by atoms with van der Waals surface area (Å²) in [5, 5.41) is 0. The van der Waals surface area contributed by atoms with E-state index in [2.05, 4.69) is 21.5 Å². The van der Waals surface area contributed by atoms with Crippen LogP contribution in [0.1, 0.15) is 18.5 Å². The molecule has 1 aromatic rings. The standard InChI is InChI=1S/C12H22N4/c1-15-6-2-3-11(8-15)9-16-10-14-7-12(16)4-5-13/h7,10-11H,2-6,8-9,13H2,1H3. The lowest BCUT2D eigenvalue weighted by molar-refractivity contribution is 0.193. The molecule has 0 aliphatic carbocycles. The highest BCUT2D eigenvalue weighted by atomic mass is 15.1. The van der Waals surface area contributed by atoms with E-state index in [0.29, 0.717) is 6.54 Å². The van der Waals surface area contributed by atoms with Gasteiger partial charge in [0.05, 0.1) is 6.33 Å². The van der Waals surface area contributed by atoms with Crippen molar-refractivity contribution in [1.82, 2.24) is 14.5 Å². The van der Waals surface area contributed by atoms with Crippen molar-refractivity contribution < 1.29 is 0 Å². The highest BCUT2D eigenvalue weighted by molar-refractivity contribution is 4.99.